The maximum atomic E-state index is 12.8. The zero-order valence-corrected chi connectivity index (χ0v) is 18.7. The van der Waals surface area contributed by atoms with Crippen molar-refractivity contribution in [2.45, 2.75) is 31.1 Å². The lowest BCUT2D eigenvalue weighted by atomic mass is 10.0. The SMILES string of the molecule is CC(C)c1ccc(NC(=O)CCS(=O)(=O)c2ccc3c(c2)n(C)c(=O)c(=O)n3C)cc1. The molecular formula is C22H25N3O5S. The van der Waals surface area contributed by atoms with Crippen LogP contribution in [0.5, 0.6) is 0 Å². The number of fused-ring (bicyclic) bond motifs is 1. The largest absolute Gasteiger partial charge is 0.326 e. The fraction of sp³-hybridized carbons (Fsp3) is 0.318. The van der Waals surface area contributed by atoms with Crippen molar-refractivity contribution in [1.82, 2.24) is 9.13 Å². The van der Waals surface area contributed by atoms with Crippen LogP contribution in [0.4, 0.5) is 5.69 Å². The molecule has 3 aromatic rings. The van der Waals surface area contributed by atoms with Gasteiger partial charge in [-0.15, -0.1) is 0 Å². The molecule has 0 aliphatic heterocycles. The summed E-state index contributed by atoms with van der Waals surface area (Å²) in [7, 11) is -0.899. The van der Waals surface area contributed by atoms with E-state index in [1.807, 2.05) is 12.1 Å². The molecule has 0 saturated carbocycles. The number of hydrogen-bond acceptors (Lipinski definition) is 5. The first-order chi connectivity index (χ1) is 14.5. The molecule has 3 rings (SSSR count). The van der Waals surface area contributed by atoms with E-state index in [9.17, 15) is 22.8 Å². The number of rotatable bonds is 6. The van der Waals surface area contributed by atoms with Crippen LogP contribution in [0.25, 0.3) is 11.0 Å². The summed E-state index contributed by atoms with van der Waals surface area (Å²) in [6.07, 6.45) is -0.210. The number of carbonyl (C=O) groups excluding carboxylic acids is 1. The van der Waals surface area contributed by atoms with E-state index in [1.165, 1.54) is 36.9 Å². The van der Waals surface area contributed by atoms with Crippen LogP contribution in [0.1, 0.15) is 31.7 Å². The number of anilines is 1. The first kappa shape index (κ1) is 22.5. The summed E-state index contributed by atoms with van der Waals surface area (Å²) in [6, 6.07) is 11.6. The van der Waals surface area contributed by atoms with Gasteiger partial charge < -0.3 is 14.5 Å². The standard InChI is InChI=1S/C22H25N3O5S/c1-14(2)15-5-7-16(8-6-15)23-20(26)11-12-31(29,30)17-9-10-18-19(13-17)25(4)22(28)21(27)24(18)3/h5-10,13-14H,11-12H2,1-4H3,(H,23,26). The molecule has 0 radical (unpaired) electrons. The smallest absolute Gasteiger partial charge is 0.316 e. The third-order valence-corrected chi connectivity index (χ3v) is 6.99. The Bertz CT molecular complexity index is 1370. The number of benzene rings is 2. The normalized spacial score (nSPS) is 11.8. The number of sulfone groups is 1. The van der Waals surface area contributed by atoms with Crippen molar-refractivity contribution < 1.29 is 13.2 Å². The van der Waals surface area contributed by atoms with Crippen LogP contribution in [-0.4, -0.2) is 29.2 Å². The van der Waals surface area contributed by atoms with Gasteiger partial charge in [0, 0.05) is 26.2 Å². The molecule has 2 aromatic carbocycles. The first-order valence-corrected chi connectivity index (χ1v) is 11.5. The maximum absolute atomic E-state index is 12.8. The van der Waals surface area contributed by atoms with Crippen molar-refractivity contribution in [3.63, 3.8) is 0 Å². The van der Waals surface area contributed by atoms with Gasteiger partial charge in [0.1, 0.15) is 0 Å². The number of nitrogens with zero attached hydrogens (tertiary/aromatic N) is 2. The van der Waals surface area contributed by atoms with E-state index in [4.69, 9.17) is 0 Å². The second-order valence-electron chi connectivity index (χ2n) is 7.77. The molecule has 1 amide bonds. The van der Waals surface area contributed by atoms with E-state index in [1.54, 1.807) is 12.1 Å². The van der Waals surface area contributed by atoms with Crippen molar-refractivity contribution in [3.8, 4) is 0 Å². The Morgan fingerprint density at radius 1 is 0.935 bits per heavy atom. The minimum absolute atomic E-state index is 0.0114. The molecule has 0 aliphatic carbocycles. The lowest BCUT2D eigenvalue weighted by Crippen LogP contribution is -2.39. The quantitative estimate of drug-likeness (QED) is 0.588. The molecule has 1 heterocycles. The summed E-state index contributed by atoms with van der Waals surface area (Å²) in [5.41, 5.74) is 1.07. The van der Waals surface area contributed by atoms with Crippen LogP contribution in [0.2, 0.25) is 0 Å². The molecule has 0 saturated heterocycles. The molecule has 0 unspecified atom stereocenters. The Labute approximate surface area is 180 Å². The first-order valence-electron chi connectivity index (χ1n) is 9.83. The summed E-state index contributed by atoms with van der Waals surface area (Å²) in [5.74, 6) is -0.413. The van der Waals surface area contributed by atoms with Crippen LogP contribution in [0.3, 0.4) is 0 Å². The molecule has 8 nitrogen and oxygen atoms in total. The summed E-state index contributed by atoms with van der Waals surface area (Å²) in [5, 5.41) is 2.71. The number of hydrogen-bond donors (Lipinski definition) is 1. The van der Waals surface area contributed by atoms with E-state index in [2.05, 4.69) is 19.2 Å². The van der Waals surface area contributed by atoms with Crippen LogP contribution in [0, 0.1) is 0 Å². The van der Waals surface area contributed by atoms with E-state index in [0.717, 1.165) is 10.1 Å². The van der Waals surface area contributed by atoms with Crippen molar-refractivity contribution in [1.29, 1.82) is 0 Å². The highest BCUT2D eigenvalue weighted by molar-refractivity contribution is 7.91. The van der Waals surface area contributed by atoms with Crippen LogP contribution < -0.4 is 16.4 Å². The summed E-state index contributed by atoms with van der Waals surface area (Å²) < 4.78 is 27.8. The highest BCUT2D eigenvalue weighted by atomic mass is 32.2. The fourth-order valence-electron chi connectivity index (χ4n) is 3.27. The molecule has 0 bridgehead atoms. The van der Waals surface area contributed by atoms with E-state index in [0.29, 0.717) is 22.6 Å². The Morgan fingerprint density at radius 3 is 2.10 bits per heavy atom. The van der Waals surface area contributed by atoms with Gasteiger partial charge >= 0.3 is 11.1 Å². The fourth-order valence-corrected chi connectivity index (χ4v) is 4.53. The molecule has 0 spiro atoms. The highest BCUT2D eigenvalue weighted by Crippen LogP contribution is 2.20. The number of aromatic nitrogens is 2. The number of carbonyl (C=O) groups is 1. The van der Waals surface area contributed by atoms with Crippen molar-refractivity contribution >= 4 is 32.5 Å². The molecule has 31 heavy (non-hydrogen) atoms. The van der Waals surface area contributed by atoms with Crippen molar-refractivity contribution in [2.75, 3.05) is 11.1 Å². The predicted molar refractivity (Wildman–Crippen MR) is 120 cm³/mol. The Morgan fingerprint density at radius 2 is 1.52 bits per heavy atom. The lowest BCUT2D eigenvalue weighted by molar-refractivity contribution is -0.115. The minimum Gasteiger partial charge on any atom is -0.326 e. The predicted octanol–water partition coefficient (Wildman–Crippen LogP) is 2.16. The van der Waals surface area contributed by atoms with Gasteiger partial charge in [-0.05, 0) is 41.8 Å². The Hall–Kier alpha value is -3.20. The number of nitrogens with one attached hydrogen (secondary N) is 1. The van der Waals surface area contributed by atoms with E-state index >= 15 is 0 Å². The van der Waals surface area contributed by atoms with Crippen molar-refractivity contribution in [2.24, 2.45) is 14.1 Å². The zero-order valence-electron chi connectivity index (χ0n) is 17.9. The Kier molecular flexibility index (Phi) is 6.17. The van der Waals surface area contributed by atoms with Gasteiger partial charge in [-0.25, -0.2) is 8.42 Å². The number of amides is 1. The second kappa shape index (κ2) is 8.50. The topological polar surface area (TPSA) is 107 Å². The third kappa shape index (κ3) is 4.61. The monoisotopic (exact) mass is 443 g/mol. The van der Waals surface area contributed by atoms with E-state index < -0.39 is 26.9 Å². The summed E-state index contributed by atoms with van der Waals surface area (Å²) >= 11 is 0. The molecule has 0 aliphatic rings. The minimum atomic E-state index is -3.77. The number of aryl methyl sites for hydroxylation is 2. The zero-order chi connectivity index (χ0) is 22.9. The van der Waals surface area contributed by atoms with E-state index in [-0.39, 0.29) is 17.1 Å². The van der Waals surface area contributed by atoms with Crippen LogP contribution in [-0.2, 0) is 28.7 Å². The Balaban J connectivity index is 1.77. The van der Waals surface area contributed by atoms with Gasteiger partial charge in [-0.2, -0.15) is 0 Å². The third-order valence-electron chi connectivity index (χ3n) is 5.28. The summed E-state index contributed by atoms with van der Waals surface area (Å²) in [6.45, 7) is 4.14. The van der Waals surface area contributed by atoms with Crippen LogP contribution >= 0.6 is 0 Å². The van der Waals surface area contributed by atoms with Gasteiger partial charge in [0.15, 0.2) is 9.84 Å². The molecule has 1 aromatic heterocycles. The molecule has 0 fully saturated rings. The van der Waals surface area contributed by atoms with Gasteiger partial charge in [0.25, 0.3) is 0 Å². The lowest BCUT2D eigenvalue weighted by Gasteiger charge is -2.11. The maximum Gasteiger partial charge on any atom is 0.316 e. The average Bonchev–Trinajstić information content (AvgIpc) is 2.74. The van der Waals surface area contributed by atoms with Gasteiger partial charge in [0.2, 0.25) is 5.91 Å². The van der Waals surface area contributed by atoms with Gasteiger partial charge in [-0.3, -0.25) is 14.4 Å². The van der Waals surface area contributed by atoms with Gasteiger partial charge in [-0.1, -0.05) is 26.0 Å². The highest BCUT2D eigenvalue weighted by Gasteiger charge is 2.19. The molecule has 1 N–H and O–H groups in total. The summed E-state index contributed by atoms with van der Waals surface area (Å²) in [4.78, 5) is 36.2. The van der Waals surface area contributed by atoms with Gasteiger partial charge in [0.05, 0.1) is 21.7 Å². The average molecular weight is 444 g/mol. The second-order valence-corrected chi connectivity index (χ2v) is 9.88. The molecule has 164 valence electrons. The molecule has 0 atom stereocenters. The van der Waals surface area contributed by atoms with Crippen molar-refractivity contribution in [3.05, 3.63) is 68.7 Å². The molecule has 9 heteroatoms. The van der Waals surface area contributed by atoms with Crippen LogP contribution in [0.15, 0.2) is 56.9 Å². The molecular weight excluding hydrogens is 418 g/mol.